The molecule has 6 aromatic carbocycles. The molecule has 0 saturated carbocycles. The standard InChI is InChI=1S/C39H25N3S/c1-3-11-26(12-4-1)28-21-23-29(24-22-28)37-40-38(31-16-9-15-30(25-31)27-13-5-2-6-14-27)42-39(41-37)34-19-10-18-33-32-17-7-8-20-35(32)43-36(33)34/h1-25H/i7D,8D,10D,17D,18D,19D,20D. The van der Waals surface area contributed by atoms with Crippen LogP contribution in [-0.2, 0) is 0 Å². The summed E-state index contributed by atoms with van der Waals surface area (Å²) in [6.07, 6.45) is 0. The van der Waals surface area contributed by atoms with E-state index in [-0.39, 0.29) is 63.1 Å². The fourth-order valence-corrected chi connectivity index (χ4v) is 6.20. The maximum atomic E-state index is 9.07. The van der Waals surface area contributed by atoms with Gasteiger partial charge < -0.3 is 0 Å². The zero-order valence-electron chi connectivity index (χ0n) is 29.6. The molecule has 0 aliphatic carbocycles. The molecule has 0 amide bonds. The molecule has 2 heterocycles. The van der Waals surface area contributed by atoms with Crippen molar-refractivity contribution in [1.82, 2.24) is 15.0 Å². The first-order chi connectivity index (χ1) is 24.2. The predicted molar refractivity (Wildman–Crippen MR) is 180 cm³/mol. The van der Waals surface area contributed by atoms with Gasteiger partial charge in [-0.3, -0.25) is 0 Å². The van der Waals surface area contributed by atoms with Gasteiger partial charge in [0.1, 0.15) is 0 Å². The summed E-state index contributed by atoms with van der Waals surface area (Å²) >= 11 is 1.05. The van der Waals surface area contributed by atoms with Gasteiger partial charge in [0.15, 0.2) is 17.5 Å². The van der Waals surface area contributed by atoms with E-state index in [1.54, 1.807) is 0 Å². The van der Waals surface area contributed by atoms with Crippen LogP contribution in [0, 0.1) is 0 Å². The molecule has 8 aromatic rings. The Labute approximate surface area is 263 Å². The first-order valence-electron chi connectivity index (χ1n) is 17.2. The van der Waals surface area contributed by atoms with Gasteiger partial charge in [-0.15, -0.1) is 11.3 Å². The average molecular weight is 575 g/mol. The summed E-state index contributed by atoms with van der Waals surface area (Å²) < 4.78 is 61.1. The van der Waals surface area contributed by atoms with Gasteiger partial charge >= 0.3 is 0 Å². The van der Waals surface area contributed by atoms with Crippen LogP contribution in [0.25, 0.3) is 76.6 Å². The van der Waals surface area contributed by atoms with Crippen molar-refractivity contribution in [3.8, 4) is 56.4 Å². The molecule has 0 unspecified atom stereocenters. The normalized spacial score (nSPS) is 13.5. The van der Waals surface area contributed by atoms with Crippen molar-refractivity contribution < 1.29 is 9.60 Å². The van der Waals surface area contributed by atoms with E-state index in [4.69, 9.17) is 24.5 Å². The molecule has 0 N–H and O–H groups in total. The van der Waals surface area contributed by atoms with Crippen molar-refractivity contribution in [2.45, 2.75) is 0 Å². The molecule has 4 heteroatoms. The quantitative estimate of drug-likeness (QED) is 0.205. The first kappa shape index (κ1) is 18.9. The Kier molecular flexibility index (Phi) is 4.72. The minimum Gasteiger partial charge on any atom is -0.208 e. The van der Waals surface area contributed by atoms with Crippen LogP contribution in [0.4, 0.5) is 0 Å². The molecular weight excluding hydrogens is 543 g/mol. The maximum absolute atomic E-state index is 9.07. The molecule has 2 aromatic heterocycles. The number of hydrogen-bond acceptors (Lipinski definition) is 4. The highest BCUT2D eigenvalue weighted by Crippen LogP contribution is 2.39. The summed E-state index contributed by atoms with van der Waals surface area (Å²) in [4.78, 5) is 14.7. The number of aromatic nitrogens is 3. The average Bonchev–Trinajstić information content (AvgIpc) is 3.57. The summed E-state index contributed by atoms with van der Waals surface area (Å²) in [6.45, 7) is 0. The Hall–Kier alpha value is -5.45. The largest absolute Gasteiger partial charge is 0.208 e. The summed E-state index contributed by atoms with van der Waals surface area (Å²) in [7, 11) is 0. The zero-order valence-corrected chi connectivity index (χ0v) is 23.5. The van der Waals surface area contributed by atoms with E-state index in [0.29, 0.717) is 27.5 Å². The highest BCUT2D eigenvalue weighted by molar-refractivity contribution is 7.26. The van der Waals surface area contributed by atoms with E-state index in [9.17, 15) is 0 Å². The Morgan fingerprint density at radius 2 is 1.00 bits per heavy atom. The molecule has 8 rings (SSSR count). The molecule has 0 aliphatic rings. The van der Waals surface area contributed by atoms with Crippen LogP contribution in [-0.4, -0.2) is 15.0 Å². The van der Waals surface area contributed by atoms with Gasteiger partial charge in [-0.25, -0.2) is 15.0 Å². The summed E-state index contributed by atoms with van der Waals surface area (Å²) in [5.74, 6) is 0.788. The lowest BCUT2D eigenvalue weighted by atomic mass is 10.0. The van der Waals surface area contributed by atoms with Crippen molar-refractivity contribution in [2.24, 2.45) is 0 Å². The van der Waals surface area contributed by atoms with Gasteiger partial charge in [-0.05, 0) is 40.4 Å². The van der Waals surface area contributed by atoms with Gasteiger partial charge in [0, 0.05) is 36.9 Å². The van der Waals surface area contributed by atoms with E-state index in [1.165, 1.54) is 0 Å². The number of rotatable bonds is 5. The van der Waals surface area contributed by atoms with Gasteiger partial charge in [0.05, 0.1) is 9.60 Å². The molecular formula is C39H25N3S. The molecule has 0 spiro atoms. The molecule has 0 fully saturated rings. The molecule has 0 aliphatic heterocycles. The molecule has 0 bridgehead atoms. The van der Waals surface area contributed by atoms with Crippen LogP contribution in [0.1, 0.15) is 9.60 Å². The van der Waals surface area contributed by atoms with Crippen molar-refractivity contribution >= 4 is 31.5 Å². The lowest BCUT2D eigenvalue weighted by Gasteiger charge is -2.11. The van der Waals surface area contributed by atoms with Gasteiger partial charge in [0.25, 0.3) is 0 Å². The second-order valence-electron chi connectivity index (χ2n) is 9.96. The van der Waals surface area contributed by atoms with Crippen LogP contribution >= 0.6 is 11.3 Å². The van der Waals surface area contributed by atoms with Crippen LogP contribution in [0.15, 0.2) is 151 Å². The van der Waals surface area contributed by atoms with Crippen molar-refractivity contribution in [2.75, 3.05) is 0 Å². The van der Waals surface area contributed by atoms with Crippen LogP contribution in [0.3, 0.4) is 0 Å². The molecule has 43 heavy (non-hydrogen) atoms. The van der Waals surface area contributed by atoms with Gasteiger partial charge in [-0.1, -0.05) is 133 Å². The van der Waals surface area contributed by atoms with Crippen molar-refractivity contribution in [3.05, 3.63) is 151 Å². The SMILES string of the molecule is [2H]c1c([2H])c([2H])c2c(sc3c(-c4nc(-c5ccc(-c6ccccc6)cc5)nc(-c5cccc(-c6ccccc6)c5)n4)c([2H])c([2H])c([2H])c32)c1[2H]. The summed E-state index contributed by atoms with van der Waals surface area (Å²) in [5, 5.41) is 0.326. The second-order valence-corrected chi connectivity index (χ2v) is 11.0. The van der Waals surface area contributed by atoms with E-state index >= 15 is 0 Å². The third-order valence-corrected chi connectivity index (χ3v) is 8.40. The zero-order chi connectivity index (χ0) is 34.7. The Bertz CT molecular complexity index is 2610. The lowest BCUT2D eigenvalue weighted by molar-refractivity contribution is 1.08. The molecule has 0 atom stereocenters. The fourth-order valence-electron chi connectivity index (χ4n) is 5.14. The maximum Gasteiger partial charge on any atom is 0.165 e. The Morgan fingerprint density at radius 3 is 1.77 bits per heavy atom. The van der Waals surface area contributed by atoms with Crippen LogP contribution < -0.4 is 0 Å². The second kappa shape index (κ2) is 10.8. The molecule has 0 saturated heterocycles. The molecule has 202 valence electrons. The van der Waals surface area contributed by atoms with Crippen LogP contribution in [0.5, 0.6) is 0 Å². The van der Waals surface area contributed by atoms with Gasteiger partial charge in [0.2, 0.25) is 0 Å². The minimum absolute atomic E-state index is 0.104. The molecule has 3 nitrogen and oxygen atoms in total. The lowest BCUT2D eigenvalue weighted by Crippen LogP contribution is -2.00. The molecule has 0 radical (unpaired) electrons. The monoisotopic (exact) mass is 574 g/mol. The first-order valence-corrected chi connectivity index (χ1v) is 14.5. The summed E-state index contributed by atoms with van der Waals surface area (Å²) in [6, 6.07) is 33.3. The smallest absolute Gasteiger partial charge is 0.165 e. The topological polar surface area (TPSA) is 38.7 Å². The Balaban J connectivity index is 1.40. The number of nitrogens with zero attached hydrogens (tertiary/aromatic N) is 3. The Morgan fingerprint density at radius 1 is 0.442 bits per heavy atom. The number of benzene rings is 6. The summed E-state index contributed by atoms with van der Waals surface area (Å²) in [5.41, 5.74) is 5.64. The minimum atomic E-state index is -0.424. The van der Waals surface area contributed by atoms with E-state index < -0.39 is 6.04 Å². The van der Waals surface area contributed by atoms with E-state index in [2.05, 4.69) is 0 Å². The van der Waals surface area contributed by atoms with Gasteiger partial charge in [-0.2, -0.15) is 0 Å². The number of thiophene rings is 1. The third kappa shape index (κ3) is 4.78. The van der Waals surface area contributed by atoms with Crippen LogP contribution in [0.2, 0.25) is 0 Å². The van der Waals surface area contributed by atoms with Crippen molar-refractivity contribution in [3.63, 3.8) is 0 Å². The number of fused-ring (bicyclic) bond motifs is 3. The third-order valence-electron chi connectivity index (χ3n) is 7.27. The van der Waals surface area contributed by atoms with E-state index in [1.807, 2.05) is 109 Å². The van der Waals surface area contributed by atoms with E-state index in [0.717, 1.165) is 33.6 Å². The highest BCUT2D eigenvalue weighted by Gasteiger charge is 2.17. The fraction of sp³-hybridized carbons (Fsp3) is 0. The highest BCUT2D eigenvalue weighted by atomic mass is 32.1. The number of hydrogen-bond donors (Lipinski definition) is 0. The predicted octanol–water partition coefficient (Wildman–Crippen LogP) is 10.6. The van der Waals surface area contributed by atoms with Crippen molar-refractivity contribution in [1.29, 1.82) is 0 Å².